The minimum Gasteiger partial charge on any atom is -0.481 e. The predicted molar refractivity (Wildman–Crippen MR) is 58.8 cm³/mol. The zero-order chi connectivity index (χ0) is 10.7. The Morgan fingerprint density at radius 3 is 2.60 bits per heavy atom. The molecule has 15 heavy (non-hydrogen) atoms. The third kappa shape index (κ3) is 2.94. The van der Waals surface area contributed by atoms with E-state index in [1.54, 1.807) is 0 Å². The Kier molecular flexibility index (Phi) is 3.62. The topological polar surface area (TPSA) is 40.5 Å². The van der Waals surface area contributed by atoms with Crippen molar-refractivity contribution >= 4 is 5.97 Å². The summed E-state index contributed by atoms with van der Waals surface area (Å²) in [7, 11) is 0. The lowest BCUT2D eigenvalue weighted by Crippen LogP contribution is -2.37. The minimum atomic E-state index is -0.626. The van der Waals surface area contributed by atoms with Gasteiger partial charge in [0.15, 0.2) is 0 Å². The van der Waals surface area contributed by atoms with E-state index in [0.29, 0.717) is 18.4 Å². The van der Waals surface area contributed by atoms with Crippen molar-refractivity contribution in [2.45, 2.75) is 51.0 Å². The molecule has 1 saturated carbocycles. The molecule has 2 fully saturated rings. The lowest BCUT2D eigenvalue weighted by Gasteiger charge is -2.32. The molecule has 2 atom stereocenters. The predicted octanol–water partition coefficient (Wildman–Crippen LogP) is 2.12. The van der Waals surface area contributed by atoms with Gasteiger partial charge in [0.25, 0.3) is 0 Å². The van der Waals surface area contributed by atoms with Crippen LogP contribution < -0.4 is 0 Å². The van der Waals surface area contributed by atoms with Gasteiger partial charge in [0.05, 0.1) is 0 Å². The molecule has 0 radical (unpaired) electrons. The number of hydrogen-bond acceptors (Lipinski definition) is 2. The summed E-state index contributed by atoms with van der Waals surface area (Å²) >= 11 is 0. The van der Waals surface area contributed by atoms with Gasteiger partial charge >= 0.3 is 5.97 Å². The van der Waals surface area contributed by atoms with Gasteiger partial charge in [0.2, 0.25) is 0 Å². The molecule has 1 aliphatic carbocycles. The van der Waals surface area contributed by atoms with Crippen molar-refractivity contribution in [3.63, 3.8) is 0 Å². The third-order valence-electron chi connectivity index (χ3n) is 3.88. The number of likely N-dealkylation sites (tertiary alicyclic amines) is 1. The van der Waals surface area contributed by atoms with Crippen LogP contribution in [0.4, 0.5) is 0 Å². The highest BCUT2D eigenvalue weighted by atomic mass is 16.4. The number of hydrogen-bond donors (Lipinski definition) is 1. The fraction of sp³-hybridized carbons (Fsp3) is 0.917. The molecule has 3 heteroatoms. The Bertz CT molecular complexity index is 224. The number of carboxylic acid groups (broad SMARTS) is 1. The number of piperidine rings is 1. The quantitative estimate of drug-likeness (QED) is 0.777. The van der Waals surface area contributed by atoms with Crippen LogP contribution in [0, 0.1) is 5.92 Å². The molecule has 1 aliphatic heterocycles. The van der Waals surface area contributed by atoms with Crippen LogP contribution in [0.1, 0.15) is 44.9 Å². The fourth-order valence-electron chi connectivity index (χ4n) is 3.10. The van der Waals surface area contributed by atoms with Crippen molar-refractivity contribution < 1.29 is 9.90 Å². The summed E-state index contributed by atoms with van der Waals surface area (Å²) < 4.78 is 0. The number of carboxylic acids is 1. The zero-order valence-corrected chi connectivity index (χ0v) is 9.32. The molecule has 86 valence electrons. The van der Waals surface area contributed by atoms with Crippen LogP contribution in [0.25, 0.3) is 0 Å². The van der Waals surface area contributed by atoms with Crippen molar-refractivity contribution in [1.82, 2.24) is 4.90 Å². The summed E-state index contributed by atoms with van der Waals surface area (Å²) in [6, 6.07) is 0.689. The van der Waals surface area contributed by atoms with Gasteiger partial charge in [-0.25, -0.2) is 0 Å². The van der Waals surface area contributed by atoms with E-state index in [2.05, 4.69) is 4.90 Å². The lowest BCUT2D eigenvalue weighted by molar-refractivity contribution is -0.138. The SMILES string of the molecule is O=C(O)CC1CCC(N2CCCCC2)C1. The average Bonchev–Trinajstić information content (AvgIpc) is 2.67. The molecule has 0 aromatic heterocycles. The first-order valence-corrected chi connectivity index (χ1v) is 6.21. The van der Waals surface area contributed by atoms with Crippen molar-refractivity contribution in [2.75, 3.05) is 13.1 Å². The highest BCUT2D eigenvalue weighted by Crippen LogP contribution is 2.32. The van der Waals surface area contributed by atoms with Gasteiger partial charge in [0, 0.05) is 12.5 Å². The number of carbonyl (C=O) groups is 1. The van der Waals surface area contributed by atoms with E-state index < -0.39 is 5.97 Å². The average molecular weight is 211 g/mol. The number of rotatable bonds is 3. The number of aliphatic carboxylic acids is 1. The van der Waals surface area contributed by atoms with Gasteiger partial charge in [-0.2, -0.15) is 0 Å². The molecule has 0 amide bonds. The van der Waals surface area contributed by atoms with Crippen LogP contribution in [0.5, 0.6) is 0 Å². The molecule has 0 bridgehead atoms. The van der Waals surface area contributed by atoms with Crippen LogP contribution in [-0.2, 0) is 4.79 Å². The fourth-order valence-corrected chi connectivity index (χ4v) is 3.10. The van der Waals surface area contributed by atoms with Crippen molar-refractivity contribution in [2.24, 2.45) is 5.92 Å². The number of nitrogens with zero attached hydrogens (tertiary/aromatic N) is 1. The van der Waals surface area contributed by atoms with Gasteiger partial charge in [-0.3, -0.25) is 4.79 Å². The van der Waals surface area contributed by atoms with Crippen LogP contribution in [-0.4, -0.2) is 35.1 Å². The second-order valence-electron chi connectivity index (χ2n) is 5.03. The van der Waals surface area contributed by atoms with Crippen LogP contribution in [0.2, 0.25) is 0 Å². The summed E-state index contributed by atoms with van der Waals surface area (Å²) in [4.78, 5) is 13.2. The first-order valence-electron chi connectivity index (χ1n) is 6.21. The Balaban J connectivity index is 1.78. The molecule has 0 aromatic carbocycles. The first kappa shape index (κ1) is 10.9. The lowest BCUT2D eigenvalue weighted by atomic mass is 10.0. The Morgan fingerprint density at radius 2 is 1.93 bits per heavy atom. The van der Waals surface area contributed by atoms with E-state index in [9.17, 15) is 4.79 Å². The molecular formula is C12H21NO2. The van der Waals surface area contributed by atoms with E-state index >= 15 is 0 Å². The maximum atomic E-state index is 10.6. The Morgan fingerprint density at radius 1 is 1.20 bits per heavy atom. The van der Waals surface area contributed by atoms with Crippen molar-refractivity contribution in [3.8, 4) is 0 Å². The first-order chi connectivity index (χ1) is 7.25. The Labute approximate surface area is 91.5 Å². The third-order valence-corrected chi connectivity index (χ3v) is 3.88. The van der Waals surface area contributed by atoms with E-state index in [-0.39, 0.29) is 0 Å². The highest BCUT2D eigenvalue weighted by Gasteiger charge is 2.30. The van der Waals surface area contributed by atoms with Crippen molar-refractivity contribution in [3.05, 3.63) is 0 Å². The standard InChI is InChI=1S/C12H21NO2/c14-12(15)9-10-4-5-11(8-10)13-6-2-1-3-7-13/h10-11H,1-9H2,(H,14,15). The molecular weight excluding hydrogens is 190 g/mol. The summed E-state index contributed by atoms with van der Waals surface area (Å²) in [6.07, 6.45) is 7.88. The van der Waals surface area contributed by atoms with Gasteiger partial charge in [-0.05, 0) is 51.1 Å². The second-order valence-corrected chi connectivity index (χ2v) is 5.03. The van der Waals surface area contributed by atoms with E-state index in [1.165, 1.54) is 38.8 Å². The largest absolute Gasteiger partial charge is 0.481 e. The molecule has 0 aromatic rings. The van der Waals surface area contributed by atoms with E-state index in [4.69, 9.17) is 5.11 Å². The molecule has 1 N–H and O–H groups in total. The second kappa shape index (κ2) is 4.97. The maximum absolute atomic E-state index is 10.6. The summed E-state index contributed by atoms with van der Waals surface area (Å²) in [6.45, 7) is 2.48. The van der Waals surface area contributed by atoms with Crippen molar-refractivity contribution in [1.29, 1.82) is 0 Å². The van der Waals surface area contributed by atoms with E-state index in [1.807, 2.05) is 0 Å². The molecule has 0 spiro atoms. The smallest absolute Gasteiger partial charge is 0.303 e. The summed E-state index contributed by atoms with van der Waals surface area (Å²) in [5.41, 5.74) is 0. The molecule has 2 aliphatic rings. The molecule has 1 saturated heterocycles. The van der Waals surface area contributed by atoms with E-state index in [0.717, 1.165) is 12.8 Å². The van der Waals surface area contributed by atoms with Crippen LogP contribution in [0.3, 0.4) is 0 Å². The van der Waals surface area contributed by atoms with Gasteiger partial charge in [-0.1, -0.05) is 6.42 Å². The van der Waals surface area contributed by atoms with Gasteiger partial charge in [0.1, 0.15) is 0 Å². The molecule has 2 rings (SSSR count). The van der Waals surface area contributed by atoms with Crippen LogP contribution in [0.15, 0.2) is 0 Å². The van der Waals surface area contributed by atoms with Crippen LogP contribution >= 0.6 is 0 Å². The molecule has 2 unspecified atom stereocenters. The summed E-state index contributed by atoms with van der Waals surface area (Å²) in [5.74, 6) is -0.186. The molecule has 1 heterocycles. The molecule has 3 nitrogen and oxygen atoms in total. The zero-order valence-electron chi connectivity index (χ0n) is 9.32. The van der Waals surface area contributed by atoms with Gasteiger partial charge < -0.3 is 10.0 Å². The normalized spacial score (nSPS) is 33.1. The summed E-state index contributed by atoms with van der Waals surface area (Å²) in [5, 5.41) is 8.76. The maximum Gasteiger partial charge on any atom is 0.303 e. The highest BCUT2D eigenvalue weighted by molar-refractivity contribution is 5.67. The monoisotopic (exact) mass is 211 g/mol. The minimum absolute atomic E-state index is 0.379. The van der Waals surface area contributed by atoms with Gasteiger partial charge in [-0.15, -0.1) is 0 Å². The Hall–Kier alpha value is -0.570.